The minimum atomic E-state index is -4.53. The number of halogens is 3. The second-order valence-electron chi connectivity index (χ2n) is 10.6. The van der Waals surface area contributed by atoms with Crippen LogP contribution in [-0.4, -0.2) is 44.8 Å². The molecule has 1 atom stereocenters. The van der Waals surface area contributed by atoms with Crippen LogP contribution in [0.25, 0.3) is 22.3 Å². The summed E-state index contributed by atoms with van der Waals surface area (Å²) in [5.41, 5.74) is 11.7. The number of hydrogen-bond acceptors (Lipinski definition) is 8. The van der Waals surface area contributed by atoms with Gasteiger partial charge >= 0.3 is 6.18 Å². The molecule has 0 saturated carbocycles. The molecule has 1 fully saturated rings. The largest absolute Gasteiger partial charge is 0.416 e. The molecule has 4 N–H and O–H groups in total. The molecule has 2 aliphatic heterocycles. The summed E-state index contributed by atoms with van der Waals surface area (Å²) in [4.78, 5) is 35.2. The first kappa shape index (κ1) is 28.9. The fourth-order valence-corrected chi connectivity index (χ4v) is 5.01. The van der Waals surface area contributed by atoms with Gasteiger partial charge in [-0.3, -0.25) is 15.0 Å². The lowest BCUT2D eigenvalue weighted by Crippen LogP contribution is -2.48. The molecule has 0 radical (unpaired) electrons. The third-order valence-corrected chi connectivity index (χ3v) is 7.38. The van der Waals surface area contributed by atoms with Crippen LogP contribution < -0.4 is 21.5 Å². The van der Waals surface area contributed by atoms with Crippen molar-refractivity contribution in [3.05, 3.63) is 83.3 Å². The molecular weight excluding hydrogens is 577 g/mol. The number of ether oxygens (including phenoxy) is 1. The molecule has 2 amide bonds. The Morgan fingerprint density at radius 3 is 2.45 bits per heavy atom. The molecule has 11 nitrogen and oxygen atoms in total. The van der Waals surface area contributed by atoms with Crippen molar-refractivity contribution in [3.63, 3.8) is 0 Å². The van der Waals surface area contributed by atoms with Gasteiger partial charge in [0, 0.05) is 17.9 Å². The van der Waals surface area contributed by atoms with Crippen molar-refractivity contribution in [2.24, 2.45) is 0 Å². The summed E-state index contributed by atoms with van der Waals surface area (Å²) in [5, 5.41) is 9.18. The van der Waals surface area contributed by atoms with Crippen LogP contribution in [0, 0.1) is 0 Å². The van der Waals surface area contributed by atoms with Gasteiger partial charge in [-0.2, -0.15) is 18.3 Å². The molecule has 1 unspecified atom stereocenters. The lowest BCUT2D eigenvalue weighted by atomic mass is 10.1. The number of carbonyl (C=O) groups excluding carboxylic acids is 2. The minimum Gasteiger partial charge on any atom is -0.383 e. The van der Waals surface area contributed by atoms with Crippen LogP contribution in [0.15, 0.2) is 77.8 Å². The molecule has 226 valence electrons. The Kier molecular flexibility index (Phi) is 7.29. The third kappa shape index (κ3) is 5.35. The zero-order valence-electron chi connectivity index (χ0n) is 23.6. The highest BCUT2D eigenvalue weighted by Gasteiger charge is 2.33. The number of benzene rings is 2. The van der Waals surface area contributed by atoms with Crippen molar-refractivity contribution in [3.8, 4) is 11.3 Å². The van der Waals surface area contributed by atoms with Gasteiger partial charge in [-0.15, -0.1) is 0 Å². The van der Waals surface area contributed by atoms with E-state index in [1.54, 1.807) is 38.1 Å². The van der Waals surface area contributed by atoms with Crippen molar-refractivity contribution in [1.29, 1.82) is 0 Å². The van der Waals surface area contributed by atoms with Crippen molar-refractivity contribution >= 4 is 40.0 Å². The van der Waals surface area contributed by atoms with Crippen LogP contribution in [0.3, 0.4) is 0 Å². The number of hydrogen-bond donors (Lipinski definition) is 3. The van der Waals surface area contributed by atoms with E-state index in [4.69, 9.17) is 15.6 Å². The molecule has 4 heterocycles. The van der Waals surface area contributed by atoms with Crippen molar-refractivity contribution in [1.82, 2.24) is 25.2 Å². The molecule has 4 aromatic rings. The molecular formula is C30H27F3N8O3. The summed E-state index contributed by atoms with van der Waals surface area (Å²) < 4.78 is 46.5. The van der Waals surface area contributed by atoms with E-state index >= 15 is 0 Å². The van der Waals surface area contributed by atoms with Gasteiger partial charge < -0.3 is 15.8 Å². The van der Waals surface area contributed by atoms with Gasteiger partial charge in [0.1, 0.15) is 23.4 Å². The molecule has 1 saturated heterocycles. The number of carbonyl (C=O) groups is 2. The minimum absolute atomic E-state index is 0.0164. The van der Waals surface area contributed by atoms with E-state index in [2.05, 4.69) is 20.7 Å². The quantitative estimate of drug-likeness (QED) is 0.277. The van der Waals surface area contributed by atoms with Gasteiger partial charge in [0.25, 0.3) is 11.8 Å². The predicted molar refractivity (Wildman–Crippen MR) is 157 cm³/mol. The Balaban J connectivity index is 1.25. The second-order valence-corrected chi connectivity index (χ2v) is 10.6. The SMILES string of the molecule is CC(C)=C1C=C(C(=O)Nc2ccc(-c3nn(C4CCOC4)c4ncnc(N)c34)cc2)C(=O)N(c2ccc(C(F)(F)F)cc2)N1. The fraction of sp³-hybridized carbons (Fsp3) is 0.233. The number of nitrogens with two attached hydrogens (primary N) is 1. The highest BCUT2D eigenvalue weighted by Crippen LogP contribution is 2.34. The highest BCUT2D eigenvalue weighted by molar-refractivity contribution is 6.27. The average Bonchev–Trinajstić information content (AvgIpc) is 3.66. The summed E-state index contributed by atoms with van der Waals surface area (Å²) in [6.07, 6.45) is -0.928. The zero-order chi connectivity index (χ0) is 31.2. The number of anilines is 3. The van der Waals surface area contributed by atoms with Gasteiger partial charge in [-0.1, -0.05) is 17.7 Å². The number of rotatable bonds is 5. The first-order valence-corrected chi connectivity index (χ1v) is 13.7. The van der Waals surface area contributed by atoms with Gasteiger partial charge in [0.2, 0.25) is 0 Å². The molecule has 6 rings (SSSR count). The molecule has 0 spiro atoms. The van der Waals surface area contributed by atoms with Crippen molar-refractivity contribution in [2.75, 3.05) is 29.3 Å². The Morgan fingerprint density at radius 1 is 1.09 bits per heavy atom. The van der Waals surface area contributed by atoms with Crippen LogP contribution in [0.5, 0.6) is 0 Å². The lowest BCUT2D eigenvalue weighted by molar-refractivity contribution is -0.137. The van der Waals surface area contributed by atoms with E-state index < -0.39 is 23.6 Å². The van der Waals surface area contributed by atoms with E-state index in [0.717, 1.165) is 29.1 Å². The fourth-order valence-electron chi connectivity index (χ4n) is 5.01. The molecule has 2 aromatic heterocycles. The van der Waals surface area contributed by atoms with Crippen LogP contribution in [-0.2, 0) is 20.5 Å². The number of allylic oxidation sites excluding steroid dienone is 2. The molecule has 44 heavy (non-hydrogen) atoms. The summed E-state index contributed by atoms with van der Waals surface area (Å²) >= 11 is 0. The van der Waals surface area contributed by atoms with Gasteiger partial charge in [-0.25, -0.2) is 19.7 Å². The van der Waals surface area contributed by atoms with Gasteiger partial charge in [0.05, 0.1) is 35.0 Å². The van der Waals surface area contributed by atoms with E-state index in [-0.39, 0.29) is 23.1 Å². The number of nitrogens with one attached hydrogen (secondary N) is 2. The van der Waals surface area contributed by atoms with Crippen LogP contribution >= 0.6 is 0 Å². The normalized spacial score (nSPS) is 17.1. The lowest BCUT2D eigenvalue weighted by Gasteiger charge is -2.30. The van der Waals surface area contributed by atoms with Gasteiger partial charge in [0.15, 0.2) is 5.65 Å². The number of amides is 2. The van der Waals surface area contributed by atoms with E-state index in [1.165, 1.54) is 24.5 Å². The van der Waals surface area contributed by atoms with Crippen LogP contribution in [0.1, 0.15) is 31.9 Å². The first-order chi connectivity index (χ1) is 21.0. The summed E-state index contributed by atoms with van der Waals surface area (Å²) in [6.45, 7) is 4.69. The maximum Gasteiger partial charge on any atom is 0.416 e. The molecule has 2 aliphatic rings. The molecule has 14 heteroatoms. The highest BCUT2D eigenvalue weighted by atomic mass is 19.4. The summed E-state index contributed by atoms with van der Waals surface area (Å²) in [6, 6.07) is 10.9. The summed E-state index contributed by atoms with van der Waals surface area (Å²) in [5.74, 6) is -1.13. The summed E-state index contributed by atoms with van der Waals surface area (Å²) in [7, 11) is 0. The van der Waals surface area contributed by atoms with Gasteiger partial charge in [-0.05, 0) is 62.7 Å². The van der Waals surface area contributed by atoms with Crippen LogP contribution in [0.4, 0.5) is 30.4 Å². The maximum absolute atomic E-state index is 13.4. The standard InChI is InChI=1S/C30H27F3N8O3/c1-16(2)23-13-22(29(43)41(38-23)20-9-5-18(6-10-20)30(31,32)33)28(42)37-19-7-3-17(4-8-19)25-24-26(34)35-15-36-27(24)40(39-25)21-11-12-44-14-21/h3-10,13,15,21,38H,11-12,14H2,1-2H3,(H,37,42)(H2,34,35,36). The smallest absolute Gasteiger partial charge is 0.383 e. The number of aromatic nitrogens is 4. The predicted octanol–water partition coefficient (Wildman–Crippen LogP) is 4.77. The molecule has 0 bridgehead atoms. The van der Waals surface area contributed by atoms with Crippen LogP contribution in [0.2, 0.25) is 0 Å². The van der Waals surface area contributed by atoms with Crippen molar-refractivity contribution < 1.29 is 27.5 Å². The number of fused-ring (bicyclic) bond motifs is 1. The average molecular weight is 605 g/mol. The topological polar surface area (TPSA) is 140 Å². The molecule has 0 aliphatic carbocycles. The Bertz CT molecular complexity index is 1820. The van der Waals surface area contributed by atoms with E-state index in [0.29, 0.717) is 46.9 Å². The Hall–Kier alpha value is -5.24. The maximum atomic E-state index is 13.4. The zero-order valence-corrected chi connectivity index (χ0v) is 23.6. The monoisotopic (exact) mass is 604 g/mol. The Labute approximate surface area is 249 Å². The van der Waals surface area contributed by atoms with E-state index in [1.807, 2.05) is 4.68 Å². The first-order valence-electron chi connectivity index (χ1n) is 13.7. The van der Waals surface area contributed by atoms with E-state index in [9.17, 15) is 22.8 Å². The molecule has 2 aromatic carbocycles. The Morgan fingerprint density at radius 2 is 1.82 bits per heavy atom. The van der Waals surface area contributed by atoms with Crippen molar-refractivity contribution in [2.45, 2.75) is 32.5 Å². The number of hydrazine groups is 1. The number of nitrogen functional groups attached to an aromatic ring is 1. The number of alkyl halides is 3. The third-order valence-electron chi connectivity index (χ3n) is 7.38. The second kappa shape index (κ2) is 11.1. The number of nitrogens with zero attached hydrogens (tertiary/aromatic N) is 5.